The first kappa shape index (κ1) is 15.9. The summed E-state index contributed by atoms with van der Waals surface area (Å²) in [6.07, 6.45) is 1.78. The van der Waals surface area contributed by atoms with E-state index in [2.05, 4.69) is 15.2 Å². The summed E-state index contributed by atoms with van der Waals surface area (Å²) in [5, 5.41) is 10.8. The molecule has 0 saturated carbocycles. The highest BCUT2D eigenvalue weighted by molar-refractivity contribution is 7.98. The van der Waals surface area contributed by atoms with Crippen molar-refractivity contribution in [2.75, 3.05) is 5.84 Å². The highest BCUT2D eigenvalue weighted by Crippen LogP contribution is 2.26. The summed E-state index contributed by atoms with van der Waals surface area (Å²) >= 11 is 2.95. The summed E-state index contributed by atoms with van der Waals surface area (Å²) in [6, 6.07) is 9.19. The summed E-state index contributed by atoms with van der Waals surface area (Å²) in [6.45, 7) is 1.94. The highest BCUT2D eigenvalue weighted by atomic mass is 32.2. The number of fused-ring (bicyclic) bond motifs is 1. The molecule has 0 aliphatic rings. The minimum absolute atomic E-state index is 0.0993. The molecular formula is C16H14N6OS2. The molecule has 4 rings (SSSR count). The maximum atomic E-state index is 12.2. The van der Waals surface area contributed by atoms with E-state index in [1.54, 1.807) is 21.9 Å². The zero-order chi connectivity index (χ0) is 17.4. The third-order valence-electron chi connectivity index (χ3n) is 3.62. The summed E-state index contributed by atoms with van der Waals surface area (Å²) < 4.78 is 3.01. The van der Waals surface area contributed by atoms with Crippen LogP contribution in [0, 0.1) is 6.92 Å². The SMILES string of the molecule is Cc1ccc2nc(CSc3nnc(-c4cccs4)n3N)cc(=O)n2c1. The molecule has 9 heteroatoms. The van der Waals surface area contributed by atoms with Gasteiger partial charge in [-0.25, -0.2) is 9.66 Å². The van der Waals surface area contributed by atoms with Gasteiger partial charge in [0.05, 0.1) is 10.6 Å². The number of hydrogen-bond donors (Lipinski definition) is 1. The summed E-state index contributed by atoms with van der Waals surface area (Å²) in [5.74, 6) is 7.20. The fourth-order valence-electron chi connectivity index (χ4n) is 2.42. The van der Waals surface area contributed by atoms with Gasteiger partial charge in [-0.05, 0) is 30.0 Å². The summed E-state index contributed by atoms with van der Waals surface area (Å²) in [5.41, 5.74) is 2.22. The van der Waals surface area contributed by atoms with Crippen LogP contribution in [0.5, 0.6) is 0 Å². The quantitative estimate of drug-likeness (QED) is 0.438. The van der Waals surface area contributed by atoms with Crippen molar-refractivity contribution in [3.63, 3.8) is 0 Å². The first-order valence-corrected chi connectivity index (χ1v) is 9.34. The largest absolute Gasteiger partial charge is 0.335 e. The number of nitrogens with zero attached hydrogens (tertiary/aromatic N) is 5. The van der Waals surface area contributed by atoms with E-state index < -0.39 is 0 Å². The normalized spacial score (nSPS) is 11.2. The fraction of sp³-hybridized carbons (Fsp3) is 0.125. The molecule has 0 aliphatic heterocycles. The van der Waals surface area contributed by atoms with Gasteiger partial charge in [-0.1, -0.05) is 23.9 Å². The van der Waals surface area contributed by atoms with E-state index in [-0.39, 0.29) is 5.56 Å². The van der Waals surface area contributed by atoms with Crippen LogP contribution in [-0.4, -0.2) is 24.3 Å². The molecule has 0 atom stereocenters. The average molecular weight is 370 g/mol. The molecule has 7 nitrogen and oxygen atoms in total. The number of thioether (sulfide) groups is 1. The van der Waals surface area contributed by atoms with E-state index in [9.17, 15) is 4.79 Å². The lowest BCUT2D eigenvalue weighted by Crippen LogP contribution is -2.15. The van der Waals surface area contributed by atoms with Gasteiger partial charge in [-0.15, -0.1) is 21.5 Å². The zero-order valence-corrected chi connectivity index (χ0v) is 14.9. The van der Waals surface area contributed by atoms with E-state index in [0.29, 0.717) is 28.1 Å². The molecule has 0 amide bonds. The molecule has 126 valence electrons. The van der Waals surface area contributed by atoms with Crippen LogP contribution in [0.15, 0.2) is 51.9 Å². The van der Waals surface area contributed by atoms with Crippen molar-refractivity contribution in [3.05, 3.63) is 63.5 Å². The monoisotopic (exact) mass is 370 g/mol. The molecule has 4 heterocycles. The molecule has 4 aromatic rings. The predicted molar refractivity (Wildman–Crippen MR) is 99.2 cm³/mol. The van der Waals surface area contributed by atoms with Gasteiger partial charge in [-0.2, -0.15) is 0 Å². The molecule has 2 N–H and O–H groups in total. The third-order valence-corrected chi connectivity index (χ3v) is 5.46. The Kier molecular flexibility index (Phi) is 4.02. The second kappa shape index (κ2) is 6.34. The number of hydrogen-bond acceptors (Lipinski definition) is 7. The van der Waals surface area contributed by atoms with E-state index >= 15 is 0 Å². The number of aryl methyl sites for hydroxylation is 1. The van der Waals surface area contributed by atoms with Crippen molar-refractivity contribution in [2.24, 2.45) is 0 Å². The van der Waals surface area contributed by atoms with Gasteiger partial charge in [-0.3, -0.25) is 9.20 Å². The molecule has 0 saturated heterocycles. The standard InChI is InChI=1S/C16H14N6OS2/c1-10-4-5-13-18-11(7-14(23)21(13)8-10)9-25-16-20-19-15(22(16)17)12-3-2-6-24-12/h2-8H,9,17H2,1H3. The van der Waals surface area contributed by atoms with Crippen LogP contribution >= 0.6 is 23.1 Å². The average Bonchev–Trinajstić information content (AvgIpc) is 3.23. The summed E-state index contributed by atoms with van der Waals surface area (Å²) in [4.78, 5) is 17.7. The molecule has 0 radical (unpaired) electrons. The first-order chi connectivity index (χ1) is 12.1. The lowest BCUT2D eigenvalue weighted by Gasteiger charge is -2.05. The zero-order valence-electron chi connectivity index (χ0n) is 13.3. The maximum Gasteiger partial charge on any atom is 0.258 e. The Morgan fingerprint density at radius 3 is 2.96 bits per heavy atom. The van der Waals surface area contributed by atoms with Crippen molar-refractivity contribution in [3.8, 4) is 10.7 Å². The van der Waals surface area contributed by atoms with Crippen LogP contribution < -0.4 is 11.4 Å². The van der Waals surface area contributed by atoms with Gasteiger partial charge in [0.2, 0.25) is 5.16 Å². The van der Waals surface area contributed by atoms with Gasteiger partial charge in [0.1, 0.15) is 5.65 Å². The van der Waals surface area contributed by atoms with Crippen LogP contribution in [0.2, 0.25) is 0 Å². The Bertz CT molecular complexity index is 1100. The minimum Gasteiger partial charge on any atom is -0.335 e. The number of nitrogens with two attached hydrogens (primary N) is 1. The lowest BCUT2D eigenvalue weighted by atomic mass is 10.3. The number of rotatable bonds is 4. The maximum absolute atomic E-state index is 12.2. The van der Waals surface area contributed by atoms with E-state index in [4.69, 9.17) is 5.84 Å². The van der Waals surface area contributed by atoms with E-state index in [1.165, 1.54) is 22.5 Å². The number of nitrogen functional groups attached to an aromatic ring is 1. The molecule has 0 aromatic carbocycles. The van der Waals surface area contributed by atoms with Crippen molar-refractivity contribution in [1.82, 2.24) is 24.3 Å². The molecule has 0 aliphatic carbocycles. The summed E-state index contributed by atoms with van der Waals surface area (Å²) in [7, 11) is 0. The van der Waals surface area contributed by atoms with Gasteiger partial charge >= 0.3 is 0 Å². The molecule has 4 aromatic heterocycles. The highest BCUT2D eigenvalue weighted by Gasteiger charge is 2.13. The van der Waals surface area contributed by atoms with Crippen molar-refractivity contribution >= 4 is 28.7 Å². The molecule has 25 heavy (non-hydrogen) atoms. The number of aromatic nitrogens is 5. The second-order valence-corrected chi connectivity index (χ2v) is 7.35. The van der Waals surface area contributed by atoms with Crippen LogP contribution in [0.1, 0.15) is 11.3 Å². The third kappa shape index (κ3) is 3.03. The second-order valence-electron chi connectivity index (χ2n) is 5.46. The van der Waals surface area contributed by atoms with E-state index in [0.717, 1.165) is 10.4 Å². The Morgan fingerprint density at radius 2 is 2.16 bits per heavy atom. The van der Waals surface area contributed by atoms with E-state index in [1.807, 2.05) is 36.6 Å². The Morgan fingerprint density at radius 1 is 1.28 bits per heavy atom. The Labute approximate surface area is 151 Å². The van der Waals surface area contributed by atoms with Gasteiger partial charge in [0, 0.05) is 18.0 Å². The van der Waals surface area contributed by atoms with Crippen molar-refractivity contribution in [1.29, 1.82) is 0 Å². The molecule has 0 unspecified atom stereocenters. The van der Waals surface area contributed by atoms with Crippen molar-refractivity contribution in [2.45, 2.75) is 17.8 Å². The first-order valence-electron chi connectivity index (χ1n) is 7.48. The van der Waals surface area contributed by atoms with Crippen LogP contribution in [0.4, 0.5) is 0 Å². The van der Waals surface area contributed by atoms with Gasteiger partial charge in [0.25, 0.3) is 5.56 Å². The van der Waals surface area contributed by atoms with Crippen LogP contribution in [-0.2, 0) is 5.75 Å². The molecular weight excluding hydrogens is 356 g/mol. The smallest absolute Gasteiger partial charge is 0.258 e. The lowest BCUT2D eigenvalue weighted by molar-refractivity contribution is 0.849. The predicted octanol–water partition coefficient (Wildman–Crippen LogP) is 2.33. The van der Waals surface area contributed by atoms with Crippen LogP contribution in [0.25, 0.3) is 16.3 Å². The van der Waals surface area contributed by atoms with Crippen molar-refractivity contribution < 1.29 is 0 Å². The molecule has 0 spiro atoms. The van der Waals surface area contributed by atoms with Gasteiger partial charge in [0.15, 0.2) is 5.82 Å². The Hall–Kier alpha value is -2.65. The number of pyridine rings is 1. The van der Waals surface area contributed by atoms with Gasteiger partial charge < -0.3 is 5.84 Å². The fourth-order valence-corrected chi connectivity index (χ4v) is 3.87. The Balaban J connectivity index is 1.59. The molecule has 0 fully saturated rings. The number of thiophene rings is 1. The molecule has 0 bridgehead atoms. The topological polar surface area (TPSA) is 91.1 Å². The minimum atomic E-state index is -0.0993. The van der Waals surface area contributed by atoms with Crippen LogP contribution in [0.3, 0.4) is 0 Å².